The molecule has 1 aromatic rings. The predicted octanol–water partition coefficient (Wildman–Crippen LogP) is 1.73. The second-order valence-corrected chi connectivity index (χ2v) is 6.25. The predicted molar refractivity (Wildman–Crippen MR) is 107 cm³/mol. The molecule has 2 aliphatic heterocycles. The lowest BCUT2D eigenvalue weighted by atomic mass is 10.0. The van der Waals surface area contributed by atoms with Gasteiger partial charge in [-0.2, -0.15) is 0 Å². The maximum absolute atomic E-state index is 13.1. The number of amides is 1. The fourth-order valence-corrected chi connectivity index (χ4v) is 3.51. The first kappa shape index (κ1) is 23.0. The maximum Gasteiger partial charge on any atom is 0.253 e. The third-order valence-corrected chi connectivity index (χ3v) is 4.90. The average molecular weight is 406 g/mol. The number of halogens is 2. The molecule has 148 valence electrons. The van der Waals surface area contributed by atoms with Gasteiger partial charge >= 0.3 is 0 Å². The summed E-state index contributed by atoms with van der Waals surface area (Å²) in [5, 5.41) is 3.39. The van der Waals surface area contributed by atoms with Crippen molar-refractivity contribution in [3.05, 3.63) is 29.8 Å². The molecule has 0 aromatic heterocycles. The summed E-state index contributed by atoms with van der Waals surface area (Å²) in [6.07, 6.45) is -0.367. The second-order valence-electron chi connectivity index (χ2n) is 6.25. The van der Waals surface area contributed by atoms with Crippen LogP contribution in [-0.4, -0.2) is 74.8 Å². The Hall–Kier alpha value is -1.05. The Bertz CT molecular complexity index is 576. The number of piperazine rings is 1. The number of methoxy groups -OCH3 is 1. The highest BCUT2D eigenvalue weighted by Gasteiger charge is 2.36. The highest BCUT2D eigenvalue weighted by atomic mass is 35.5. The smallest absolute Gasteiger partial charge is 0.253 e. The van der Waals surface area contributed by atoms with Crippen molar-refractivity contribution in [3.8, 4) is 5.75 Å². The third-order valence-electron chi connectivity index (χ3n) is 4.90. The first-order valence-corrected chi connectivity index (χ1v) is 8.72. The molecule has 0 spiro atoms. The third kappa shape index (κ3) is 5.02. The van der Waals surface area contributed by atoms with Gasteiger partial charge in [0.05, 0.1) is 19.8 Å². The lowest BCUT2D eigenvalue weighted by Crippen LogP contribution is -2.56. The Morgan fingerprint density at radius 1 is 1.31 bits per heavy atom. The van der Waals surface area contributed by atoms with Crippen LogP contribution in [0.15, 0.2) is 24.3 Å². The van der Waals surface area contributed by atoms with Crippen molar-refractivity contribution < 1.29 is 14.3 Å². The highest BCUT2D eigenvalue weighted by molar-refractivity contribution is 5.85. The van der Waals surface area contributed by atoms with Crippen LogP contribution in [0.2, 0.25) is 0 Å². The quantitative estimate of drug-likeness (QED) is 0.826. The summed E-state index contributed by atoms with van der Waals surface area (Å²) in [5.74, 6) is 0.911. The van der Waals surface area contributed by atoms with Gasteiger partial charge in [0.1, 0.15) is 11.9 Å². The molecular weight excluding hydrogens is 377 g/mol. The van der Waals surface area contributed by atoms with Gasteiger partial charge in [-0.1, -0.05) is 25.1 Å². The largest absolute Gasteiger partial charge is 0.496 e. The lowest BCUT2D eigenvalue weighted by Gasteiger charge is -2.40. The van der Waals surface area contributed by atoms with Crippen LogP contribution in [-0.2, 0) is 9.53 Å². The number of rotatable bonds is 4. The Labute approximate surface area is 168 Å². The molecule has 1 N–H and O–H groups in total. The van der Waals surface area contributed by atoms with Gasteiger partial charge in [-0.3, -0.25) is 9.69 Å². The normalized spacial score (nSPS) is 23.5. The van der Waals surface area contributed by atoms with Crippen LogP contribution < -0.4 is 10.1 Å². The minimum atomic E-state index is -0.367. The summed E-state index contributed by atoms with van der Waals surface area (Å²) < 4.78 is 11.3. The van der Waals surface area contributed by atoms with Crippen LogP contribution in [0.4, 0.5) is 0 Å². The fourth-order valence-electron chi connectivity index (χ4n) is 3.51. The summed E-state index contributed by atoms with van der Waals surface area (Å²) in [6, 6.07) is 7.90. The Morgan fingerprint density at radius 2 is 2.08 bits per heavy atom. The van der Waals surface area contributed by atoms with E-state index in [2.05, 4.69) is 17.1 Å². The molecule has 3 rings (SSSR count). The summed E-state index contributed by atoms with van der Waals surface area (Å²) in [4.78, 5) is 17.3. The molecule has 2 saturated heterocycles. The van der Waals surface area contributed by atoms with E-state index in [1.165, 1.54) is 0 Å². The van der Waals surface area contributed by atoms with Crippen molar-refractivity contribution in [1.82, 2.24) is 15.1 Å². The van der Waals surface area contributed by atoms with E-state index in [-0.39, 0.29) is 42.9 Å². The van der Waals surface area contributed by atoms with Gasteiger partial charge in [-0.25, -0.2) is 0 Å². The van der Waals surface area contributed by atoms with E-state index in [9.17, 15) is 4.79 Å². The van der Waals surface area contributed by atoms with E-state index >= 15 is 0 Å². The van der Waals surface area contributed by atoms with Crippen molar-refractivity contribution in [2.24, 2.45) is 0 Å². The first-order chi connectivity index (χ1) is 11.7. The van der Waals surface area contributed by atoms with Gasteiger partial charge in [0, 0.05) is 38.3 Å². The molecule has 2 aliphatic rings. The van der Waals surface area contributed by atoms with Crippen LogP contribution in [0.25, 0.3) is 0 Å². The molecule has 1 aromatic carbocycles. The van der Waals surface area contributed by atoms with Crippen LogP contribution in [0.3, 0.4) is 0 Å². The molecule has 0 aliphatic carbocycles. The Kier molecular flexibility index (Phi) is 9.68. The van der Waals surface area contributed by atoms with Crippen molar-refractivity contribution >= 4 is 30.7 Å². The van der Waals surface area contributed by atoms with Gasteiger partial charge in [0.25, 0.3) is 5.91 Å². The van der Waals surface area contributed by atoms with Crippen LogP contribution in [0, 0.1) is 0 Å². The van der Waals surface area contributed by atoms with E-state index in [1.807, 2.05) is 29.2 Å². The van der Waals surface area contributed by atoms with E-state index in [0.717, 1.165) is 37.5 Å². The number of carbonyl (C=O) groups is 1. The number of ether oxygens (including phenoxy) is 2. The van der Waals surface area contributed by atoms with E-state index in [1.54, 1.807) is 7.11 Å². The minimum absolute atomic E-state index is 0. The Morgan fingerprint density at radius 3 is 2.81 bits per heavy atom. The number of likely N-dealkylation sites (N-methyl/N-ethyl adjacent to an activating group) is 1. The zero-order chi connectivity index (χ0) is 16.9. The highest BCUT2D eigenvalue weighted by Crippen LogP contribution is 2.31. The molecule has 0 saturated carbocycles. The van der Waals surface area contributed by atoms with E-state index in [0.29, 0.717) is 19.7 Å². The number of nitrogens with zero attached hydrogens (tertiary/aromatic N) is 2. The molecule has 2 atom stereocenters. The van der Waals surface area contributed by atoms with E-state index in [4.69, 9.17) is 9.47 Å². The zero-order valence-corrected chi connectivity index (χ0v) is 17.0. The topological polar surface area (TPSA) is 54.0 Å². The summed E-state index contributed by atoms with van der Waals surface area (Å²) in [6.45, 7) is 7.50. The Balaban J connectivity index is 0.00000169. The molecule has 26 heavy (non-hydrogen) atoms. The molecule has 2 heterocycles. The number of carbonyl (C=O) groups excluding carboxylic acids is 1. The molecule has 1 amide bonds. The fraction of sp³-hybridized carbons (Fsp3) is 0.611. The summed E-state index contributed by atoms with van der Waals surface area (Å²) >= 11 is 0. The SMILES string of the molecule is CCN1CCOC(C(=O)N2CCNCC2c2ccccc2OC)C1.Cl.Cl. The lowest BCUT2D eigenvalue weighted by molar-refractivity contribution is -0.152. The average Bonchev–Trinajstić information content (AvgIpc) is 2.67. The first-order valence-electron chi connectivity index (χ1n) is 8.72. The van der Waals surface area contributed by atoms with Crippen molar-refractivity contribution in [2.75, 3.05) is 53.0 Å². The van der Waals surface area contributed by atoms with Crippen molar-refractivity contribution in [2.45, 2.75) is 19.1 Å². The maximum atomic E-state index is 13.1. The van der Waals surface area contributed by atoms with Gasteiger partial charge in [-0.15, -0.1) is 24.8 Å². The van der Waals surface area contributed by atoms with Crippen LogP contribution >= 0.6 is 24.8 Å². The monoisotopic (exact) mass is 405 g/mol. The standard InChI is InChI=1S/C18H27N3O3.2ClH/c1-3-20-10-11-24-17(13-20)18(22)21-9-8-19-12-15(21)14-6-4-5-7-16(14)23-2;;/h4-7,15,17,19H,3,8-13H2,1-2H3;2*1H. The van der Waals surface area contributed by atoms with Gasteiger partial charge < -0.3 is 19.7 Å². The summed E-state index contributed by atoms with van der Waals surface area (Å²) in [5.41, 5.74) is 1.05. The molecular formula is C18H29Cl2N3O3. The van der Waals surface area contributed by atoms with Gasteiger partial charge in [0.2, 0.25) is 0 Å². The molecule has 6 nitrogen and oxygen atoms in total. The van der Waals surface area contributed by atoms with Gasteiger partial charge in [-0.05, 0) is 12.6 Å². The zero-order valence-electron chi connectivity index (χ0n) is 15.3. The van der Waals surface area contributed by atoms with Crippen molar-refractivity contribution in [1.29, 1.82) is 0 Å². The molecule has 0 bridgehead atoms. The van der Waals surface area contributed by atoms with Crippen LogP contribution in [0.5, 0.6) is 5.75 Å². The second kappa shape index (κ2) is 10.9. The van der Waals surface area contributed by atoms with Crippen LogP contribution in [0.1, 0.15) is 18.5 Å². The molecule has 8 heteroatoms. The molecule has 2 fully saturated rings. The number of morpholine rings is 1. The number of benzene rings is 1. The minimum Gasteiger partial charge on any atom is -0.496 e. The number of hydrogen-bond donors (Lipinski definition) is 1. The van der Waals surface area contributed by atoms with E-state index < -0.39 is 0 Å². The molecule has 0 radical (unpaired) electrons. The number of para-hydroxylation sites is 1. The molecule has 2 unspecified atom stereocenters. The number of nitrogens with one attached hydrogen (secondary N) is 1. The van der Waals surface area contributed by atoms with Gasteiger partial charge in [0.15, 0.2) is 0 Å². The summed E-state index contributed by atoms with van der Waals surface area (Å²) in [7, 11) is 1.67. The number of hydrogen-bond acceptors (Lipinski definition) is 5. The van der Waals surface area contributed by atoms with Crippen molar-refractivity contribution in [3.63, 3.8) is 0 Å².